The summed E-state index contributed by atoms with van der Waals surface area (Å²) in [5.41, 5.74) is 0.427. The topological polar surface area (TPSA) is 72.2 Å². The quantitative estimate of drug-likeness (QED) is 0.811. The molecule has 1 aromatic heterocycles. The molecule has 14 heavy (non-hydrogen) atoms. The summed E-state index contributed by atoms with van der Waals surface area (Å²) in [6, 6.07) is 1.51. The second-order valence-corrected chi connectivity index (χ2v) is 5.21. The highest BCUT2D eigenvalue weighted by Gasteiger charge is 2.15. The molecule has 0 aromatic carbocycles. The van der Waals surface area contributed by atoms with E-state index in [0.717, 1.165) is 0 Å². The molecule has 1 aromatic rings. The number of hydrogen-bond donors (Lipinski definition) is 1. The molecule has 0 bridgehead atoms. The molecule has 0 amide bonds. The summed E-state index contributed by atoms with van der Waals surface area (Å²) in [4.78, 5) is 0. The van der Waals surface area contributed by atoms with E-state index in [1.54, 1.807) is 26.8 Å². The minimum absolute atomic E-state index is 0.104. The van der Waals surface area contributed by atoms with E-state index in [1.165, 1.54) is 0 Å². The molecule has 0 fully saturated rings. The maximum atomic E-state index is 11.4. The van der Waals surface area contributed by atoms with Gasteiger partial charge in [0.25, 0.3) is 0 Å². The Morgan fingerprint density at radius 2 is 2.21 bits per heavy atom. The highest BCUT2D eigenvalue weighted by Crippen LogP contribution is 2.05. The molecule has 0 aliphatic heterocycles. The third-order valence-electron chi connectivity index (χ3n) is 1.43. The molecule has 0 saturated carbocycles. The lowest BCUT2D eigenvalue weighted by molar-refractivity contribution is 0.392. The van der Waals surface area contributed by atoms with Gasteiger partial charge in [-0.2, -0.15) is 0 Å². The maximum absolute atomic E-state index is 11.4. The van der Waals surface area contributed by atoms with Crippen LogP contribution in [-0.2, 0) is 15.8 Å². The zero-order chi connectivity index (χ0) is 10.8. The summed E-state index contributed by atoms with van der Waals surface area (Å²) in [5, 5.41) is 3.61. The van der Waals surface area contributed by atoms with E-state index in [-0.39, 0.29) is 11.8 Å². The van der Waals surface area contributed by atoms with Gasteiger partial charge in [0.2, 0.25) is 10.0 Å². The van der Waals surface area contributed by atoms with Crippen LogP contribution >= 0.6 is 0 Å². The van der Waals surface area contributed by atoms with Gasteiger partial charge in [-0.1, -0.05) is 5.16 Å². The smallest absolute Gasteiger partial charge is 0.217 e. The molecule has 0 aliphatic rings. The van der Waals surface area contributed by atoms with Gasteiger partial charge in [0, 0.05) is 12.1 Å². The van der Waals surface area contributed by atoms with Crippen molar-refractivity contribution < 1.29 is 12.9 Å². The van der Waals surface area contributed by atoms with Crippen molar-refractivity contribution in [2.75, 3.05) is 0 Å². The van der Waals surface area contributed by atoms with Gasteiger partial charge in [-0.25, -0.2) is 13.1 Å². The monoisotopic (exact) mass is 218 g/mol. The highest BCUT2D eigenvalue weighted by molar-refractivity contribution is 7.88. The normalized spacial score (nSPS) is 12.3. The van der Waals surface area contributed by atoms with Crippen LogP contribution in [0.5, 0.6) is 0 Å². The molecule has 1 rings (SSSR count). The van der Waals surface area contributed by atoms with Crippen molar-refractivity contribution in [3.63, 3.8) is 0 Å². The number of aryl methyl sites for hydroxylation is 1. The minimum atomic E-state index is -3.29. The second kappa shape index (κ2) is 4.10. The molecule has 6 heteroatoms. The van der Waals surface area contributed by atoms with Gasteiger partial charge in [0.15, 0.2) is 0 Å². The van der Waals surface area contributed by atoms with Crippen LogP contribution in [-0.4, -0.2) is 19.6 Å². The predicted octanol–water partition coefficient (Wildman–Crippen LogP) is 0.811. The number of sulfonamides is 1. The Morgan fingerprint density at radius 3 is 2.64 bits per heavy atom. The van der Waals surface area contributed by atoms with Crippen molar-refractivity contribution in [2.45, 2.75) is 32.6 Å². The lowest BCUT2D eigenvalue weighted by Crippen LogP contribution is -2.31. The van der Waals surface area contributed by atoms with Gasteiger partial charge in [-0.05, 0) is 20.8 Å². The maximum Gasteiger partial charge on any atom is 0.217 e. The van der Waals surface area contributed by atoms with Gasteiger partial charge in [0.05, 0.1) is 0 Å². The van der Waals surface area contributed by atoms with E-state index >= 15 is 0 Å². The first-order valence-electron chi connectivity index (χ1n) is 4.31. The summed E-state index contributed by atoms with van der Waals surface area (Å²) in [6.07, 6.45) is 0. The number of rotatable bonds is 4. The molecular weight excluding hydrogens is 204 g/mol. The average Bonchev–Trinajstić information content (AvgIpc) is 2.30. The Bertz CT molecular complexity index is 394. The summed E-state index contributed by atoms with van der Waals surface area (Å²) in [7, 11) is -3.29. The highest BCUT2D eigenvalue weighted by atomic mass is 32.2. The van der Waals surface area contributed by atoms with Crippen molar-refractivity contribution in [1.29, 1.82) is 0 Å². The molecule has 0 saturated heterocycles. The van der Waals surface area contributed by atoms with Crippen molar-refractivity contribution in [2.24, 2.45) is 0 Å². The fourth-order valence-corrected chi connectivity index (χ4v) is 2.41. The van der Waals surface area contributed by atoms with Crippen molar-refractivity contribution in [1.82, 2.24) is 9.88 Å². The predicted molar refractivity (Wildman–Crippen MR) is 52.1 cm³/mol. The van der Waals surface area contributed by atoms with Gasteiger partial charge >= 0.3 is 0 Å². The molecule has 0 spiro atoms. The van der Waals surface area contributed by atoms with Gasteiger partial charge in [-0.3, -0.25) is 0 Å². The van der Waals surface area contributed by atoms with Gasteiger partial charge in [-0.15, -0.1) is 0 Å². The van der Waals surface area contributed by atoms with Crippen LogP contribution in [0.1, 0.15) is 25.3 Å². The van der Waals surface area contributed by atoms with Gasteiger partial charge < -0.3 is 4.52 Å². The SMILES string of the molecule is Cc1cc(CS(=O)(=O)NC(C)C)no1. The summed E-state index contributed by atoms with van der Waals surface area (Å²) < 4.78 is 30.1. The van der Waals surface area contributed by atoms with E-state index in [9.17, 15) is 8.42 Å². The van der Waals surface area contributed by atoms with Crippen LogP contribution in [0.15, 0.2) is 10.6 Å². The fraction of sp³-hybridized carbons (Fsp3) is 0.625. The number of nitrogens with zero attached hydrogens (tertiary/aromatic N) is 1. The van der Waals surface area contributed by atoms with Crippen LogP contribution in [0, 0.1) is 6.92 Å². The fourth-order valence-electron chi connectivity index (χ4n) is 1.08. The zero-order valence-corrected chi connectivity index (χ0v) is 9.26. The number of hydrogen-bond acceptors (Lipinski definition) is 4. The Balaban J connectivity index is 2.69. The molecule has 1 N–H and O–H groups in total. The summed E-state index contributed by atoms with van der Waals surface area (Å²) >= 11 is 0. The Labute approximate surface area is 83.5 Å². The van der Waals surface area contributed by atoms with Crippen LogP contribution in [0.2, 0.25) is 0 Å². The van der Waals surface area contributed by atoms with E-state index in [2.05, 4.69) is 9.88 Å². The molecular formula is C8H14N2O3S. The van der Waals surface area contributed by atoms with E-state index in [0.29, 0.717) is 11.5 Å². The standard InChI is InChI=1S/C8H14N2O3S/c1-6(2)10-14(11,12)5-8-4-7(3)13-9-8/h4,6,10H,5H2,1-3H3. The van der Waals surface area contributed by atoms with E-state index < -0.39 is 10.0 Å². The first kappa shape index (κ1) is 11.2. The Hall–Kier alpha value is -0.880. The molecule has 0 unspecified atom stereocenters. The number of nitrogens with one attached hydrogen (secondary N) is 1. The lowest BCUT2D eigenvalue weighted by atomic mass is 10.4. The summed E-state index contributed by atoms with van der Waals surface area (Å²) in [6.45, 7) is 5.26. The van der Waals surface area contributed by atoms with Crippen LogP contribution in [0.3, 0.4) is 0 Å². The zero-order valence-electron chi connectivity index (χ0n) is 8.44. The first-order chi connectivity index (χ1) is 6.39. The average molecular weight is 218 g/mol. The van der Waals surface area contributed by atoms with Crippen LogP contribution in [0.4, 0.5) is 0 Å². The summed E-state index contributed by atoms with van der Waals surface area (Å²) in [5.74, 6) is 0.474. The van der Waals surface area contributed by atoms with Crippen molar-refractivity contribution in [3.8, 4) is 0 Å². The molecule has 0 radical (unpaired) electrons. The van der Waals surface area contributed by atoms with Crippen LogP contribution < -0.4 is 4.72 Å². The van der Waals surface area contributed by atoms with E-state index in [1.807, 2.05) is 0 Å². The molecule has 5 nitrogen and oxygen atoms in total. The molecule has 1 heterocycles. The molecule has 80 valence electrons. The Morgan fingerprint density at radius 1 is 1.57 bits per heavy atom. The van der Waals surface area contributed by atoms with Crippen LogP contribution in [0.25, 0.3) is 0 Å². The molecule has 0 aliphatic carbocycles. The Kier molecular flexibility index (Phi) is 3.28. The van der Waals surface area contributed by atoms with E-state index in [4.69, 9.17) is 4.52 Å². The first-order valence-corrected chi connectivity index (χ1v) is 5.96. The second-order valence-electron chi connectivity index (χ2n) is 3.46. The third-order valence-corrected chi connectivity index (χ3v) is 2.94. The van der Waals surface area contributed by atoms with Crippen molar-refractivity contribution in [3.05, 3.63) is 17.5 Å². The largest absolute Gasteiger partial charge is 0.361 e. The number of aromatic nitrogens is 1. The third kappa shape index (κ3) is 3.47. The lowest BCUT2D eigenvalue weighted by Gasteiger charge is -2.07. The van der Waals surface area contributed by atoms with Crippen molar-refractivity contribution >= 4 is 10.0 Å². The van der Waals surface area contributed by atoms with Gasteiger partial charge in [0.1, 0.15) is 17.2 Å². The molecule has 0 atom stereocenters. The minimum Gasteiger partial charge on any atom is -0.361 e.